The number of piperidine rings is 1. The molecule has 0 spiro atoms. The summed E-state index contributed by atoms with van der Waals surface area (Å²) in [5.41, 5.74) is 0.861. The molecule has 128 valence electrons. The summed E-state index contributed by atoms with van der Waals surface area (Å²) >= 11 is 0. The molecule has 0 aromatic carbocycles. The van der Waals surface area contributed by atoms with E-state index in [9.17, 15) is 23.1 Å². The average molecular weight is 331 g/mol. The number of rotatable bonds is 4. The van der Waals surface area contributed by atoms with Crippen LogP contribution in [0.15, 0.2) is 24.4 Å². The summed E-state index contributed by atoms with van der Waals surface area (Å²) in [5, 5.41) is 12.0. The van der Waals surface area contributed by atoms with E-state index in [-0.39, 0.29) is 32.0 Å². The molecule has 2 amide bonds. The molecule has 1 aliphatic heterocycles. The number of amides is 2. The fourth-order valence-corrected chi connectivity index (χ4v) is 2.64. The molecule has 23 heavy (non-hydrogen) atoms. The maximum atomic E-state index is 12.5. The second-order valence-electron chi connectivity index (χ2n) is 5.61. The van der Waals surface area contributed by atoms with Gasteiger partial charge >= 0.3 is 12.2 Å². The molecule has 1 fully saturated rings. The van der Waals surface area contributed by atoms with E-state index in [0.717, 1.165) is 5.69 Å². The van der Waals surface area contributed by atoms with Crippen molar-refractivity contribution in [3.63, 3.8) is 0 Å². The molecule has 0 aliphatic carbocycles. The van der Waals surface area contributed by atoms with Crippen molar-refractivity contribution in [1.82, 2.24) is 15.2 Å². The van der Waals surface area contributed by atoms with Gasteiger partial charge in [0.25, 0.3) is 0 Å². The van der Waals surface area contributed by atoms with Crippen molar-refractivity contribution in [2.24, 2.45) is 5.92 Å². The van der Waals surface area contributed by atoms with Gasteiger partial charge in [-0.3, -0.25) is 4.98 Å². The van der Waals surface area contributed by atoms with Crippen LogP contribution < -0.4 is 5.32 Å². The van der Waals surface area contributed by atoms with Gasteiger partial charge in [-0.05, 0) is 30.9 Å². The lowest BCUT2D eigenvalue weighted by atomic mass is 9.91. The monoisotopic (exact) mass is 331 g/mol. The lowest BCUT2D eigenvalue weighted by molar-refractivity contribution is -0.222. The van der Waals surface area contributed by atoms with Gasteiger partial charge in [-0.2, -0.15) is 13.2 Å². The SMILES string of the molecule is O=C(NCCc1ccccn1)N1CCC([C@@H](O)C(F)(F)F)CC1. The van der Waals surface area contributed by atoms with Crippen LogP contribution in [0.1, 0.15) is 18.5 Å². The molecule has 0 unspecified atom stereocenters. The minimum atomic E-state index is -4.60. The first-order valence-electron chi connectivity index (χ1n) is 7.55. The van der Waals surface area contributed by atoms with Gasteiger partial charge in [0.1, 0.15) is 0 Å². The van der Waals surface area contributed by atoms with E-state index in [1.54, 1.807) is 6.20 Å². The summed E-state index contributed by atoms with van der Waals surface area (Å²) in [5.74, 6) is -0.840. The highest BCUT2D eigenvalue weighted by molar-refractivity contribution is 5.74. The van der Waals surface area contributed by atoms with E-state index in [1.807, 2.05) is 18.2 Å². The Labute approximate surface area is 132 Å². The fraction of sp³-hybridized carbons (Fsp3) is 0.600. The topological polar surface area (TPSA) is 65.5 Å². The fourth-order valence-electron chi connectivity index (χ4n) is 2.64. The van der Waals surface area contributed by atoms with Crippen molar-refractivity contribution in [3.05, 3.63) is 30.1 Å². The number of halogens is 3. The number of hydrogen-bond acceptors (Lipinski definition) is 3. The Kier molecular flexibility index (Phi) is 5.81. The normalized spacial score (nSPS) is 17.8. The molecule has 5 nitrogen and oxygen atoms in total. The molecule has 2 N–H and O–H groups in total. The van der Waals surface area contributed by atoms with E-state index in [4.69, 9.17) is 0 Å². The van der Waals surface area contributed by atoms with Crippen molar-refractivity contribution in [2.45, 2.75) is 31.5 Å². The Morgan fingerprint density at radius 1 is 1.39 bits per heavy atom. The Bertz CT molecular complexity index is 502. The van der Waals surface area contributed by atoms with Crippen molar-refractivity contribution in [2.75, 3.05) is 19.6 Å². The third-order valence-corrected chi connectivity index (χ3v) is 3.99. The number of carbonyl (C=O) groups excluding carboxylic acids is 1. The number of nitrogens with zero attached hydrogens (tertiary/aromatic N) is 2. The zero-order valence-corrected chi connectivity index (χ0v) is 12.6. The summed E-state index contributed by atoms with van der Waals surface area (Å²) in [4.78, 5) is 17.6. The van der Waals surface area contributed by atoms with Crippen LogP contribution in [0.4, 0.5) is 18.0 Å². The number of aromatic nitrogens is 1. The number of likely N-dealkylation sites (tertiary alicyclic amines) is 1. The lowest BCUT2D eigenvalue weighted by Crippen LogP contribution is -2.48. The molecule has 1 atom stereocenters. The van der Waals surface area contributed by atoms with Gasteiger partial charge in [-0.15, -0.1) is 0 Å². The van der Waals surface area contributed by atoms with Crippen molar-refractivity contribution in [1.29, 1.82) is 0 Å². The van der Waals surface area contributed by atoms with E-state index < -0.39 is 18.2 Å². The van der Waals surface area contributed by atoms with Gasteiger partial charge in [0.05, 0.1) is 0 Å². The average Bonchev–Trinajstić information content (AvgIpc) is 2.54. The molecule has 8 heteroatoms. The van der Waals surface area contributed by atoms with Gasteiger partial charge in [-0.25, -0.2) is 4.79 Å². The number of carbonyl (C=O) groups is 1. The number of nitrogens with one attached hydrogen (secondary N) is 1. The minimum absolute atomic E-state index is 0.147. The predicted molar refractivity (Wildman–Crippen MR) is 77.7 cm³/mol. The van der Waals surface area contributed by atoms with Crippen LogP contribution >= 0.6 is 0 Å². The van der Waals surface area contributed by atoms with Crippen LogP contribution in [0.3, 0.4) is 0 Å². The summed E-state index contributed by atoms with van der Waals surface area (Å²) < 4.78 is 37.4. The maximum absolute atomic E-state index is 12.5. The molecule has 2 rings (SSSR count). The van der Waals surface area contributed by atoms with E-state index in [1.165, 1.54) is 4.90 Å². The number of aliphatic hydroxyl groups excluding tert-OH is 1. The minimum Gasteiger partial charge on any atom is -0.383 e. The summed E-state index contributed by atoms with van der Waals surface area (Å²) in [6.07, 6.45) is -4.35. The second kappa shape index (κ2) is 7.63. The molecule has 0 radical (unpaired) electrons. The zero-order chi connectivity index (χ0) is 16.9. The van der Waals surface area contributed by atoms with Crippen molar-refractivity contribution >= 4 is 6.03 Å². The van der Waals surface area contributed by atoms with Gasteiger partial charge in [-0.1, -0.05) is 6.07 Å². The van der Waals surface area contributed by atoms with Crippen molar-refractivity contribution in [3.8, 4) is 0 Å². The third kappa shape index (κ3) is 5.09. The third-order valence-electron chi connectivity index (χ3n) is 3.99. The number of alkyl halides is 3. The van der Waals surface area contributed by atoms with Crippen LogP contribution in [-0.4, -0.2) is 52.9 Å². The molecule has 0 saturated carbocycles. The van der Waals surface area contributed by atoms with Crippen molar-refractivity contribution < 1.29 is 23.1 Å². The highest BCUT2D eigenvalue weighted by atomic mass is 19.4. The van der Waals surface area contributed by atoms with Gasteiger partial charge in [0, 0.05) is 37.9 Å². The first-order valence-corrected chi connectivity index (χ1v) is 7.55. The first kappa shape index (κ1) is 17.5. The van der Waals surface area contributed by atoms with Gasteiger partial charge in [0.2, 0.25) is 0 Å². The van der Waals surface area contributed by atoms with Gasteiger partial charge in [0.15, 0.2) is 6.10 Å². The standard InChI is InChI=1S/C15H20F3N3O2/c16-15(17,18)13(22)11-5-9-21(10-6-11)14(23)20-8-4-12-3-1-2-7-19-12/h1-3,7,11,13,22H,4-6,8-10H2,(H,20,23)/t13-/m1/s1. The second-order valence-corrected chi connectivity index (χ2v) is 5.61. The van der Waals surface area contributed by atoms with E-state index in [2.05, 4.69) is 10.3 Å². The molecule has 1 saturated heterocycles. The predicted octanol–water partition coefficient (Wildman–Crippen LogP) is 1.97. The quantitative estimate of drug-likeness (QED) is 0.886. The Balaban J connectivity index is 1.71. The van der Waals surface area contributed by atoms with Crippen LogP contribution in [0, 0.1) is 5.92 Å². The Hall–Kier alpha value is -1.83. The smallest absolute Gasteiger partial charge is 0.383 e. The molecular formula is C15H20F3N3O2. The number of pyridine rings is 1. The van der Waals surface area contributed by atoms with Gasteiger partial charge < -0.3 is 15.3 Å². The van der Waals surface area contributed by atoms with Crippen LogP contribution in [0.2, 0.25) is 0 Å². The zero-order valence-electron chi connectivity index (χ0n) is 12.6. The summed E-state index contributed by atoms with van der Waals surface area (Å²) in [6, 6.07) is 5.24. The molecule has 0 bridgehead atoms. The highest BCUT2D eigenvalue weighted by Crippen LogP contribution is 2.31. The molecular weight excluding hydrogens is 311 g/mol. The summed E-state index contributed by atoms with van der Waals surface area (Å²) in [6.45, 7) is 0.849. The molecule has 1 aromatic heterocycles. The largest absolute Gasteiger partial charge is 0.414 e. The summed E-state index contributed by atoms with van der Waals surface area (Å²) in [7, 11) is 0. The Morgan fingerprint density at radius 3 is 2.65 bits per heavy atom. The maximum Gasteiger partial charge on any atom is 0.414 e. The highest BCUT2D eigenvalue weighted by Gasteiger charge is 2.44. The van der Waals surface area contributed by atoms with E-state index in [0.29, 0.717) is 13.0 Å². The Morgan fingerprint density at radius 2 is 2.09 bits per heavy atom. The van der Waals surface area contributed by atoms with Crippen LogP contribution in [0.5, 0.6) is 0 Å². The lowest BCUT2D eigenvalue weighted by Gasteiger charge is -2.34. The number of hydrogen-bond donors (Lipinski definition) is 2. The first-order chi connectivity index (χ1) is 10.9. The molecule has 2 heterocycles. The number of urea groups is 1. The number of aliphatic hydroxyl groups is 1. The molecule has 1 aromatic rings. The van der Waals surface area contributed by atoms with Crippen LogP contribution in [-0.2, 0) is 6.42 Å². The van der Waals surface area contributed by atoms with Crippen LogP contribution in [0.25, 0.3) is 0 Å². The van der Waals surface area contributed by atoms with E-state index >= 15 is 0 Å². The molecule has 1 aliphatic rings.